The zero-order chi connectivity index (χ0) is 19.9. The fourth-order valence-corrected chi connectivity index (χ4v) is 3.79. The lowest BCUT2D eigenvalue weighted by Gasteiger charge is -2.36. The number of rotatable bonds is 1. The first-order chi connectivity index (χ1) is 12.8. The first kappa shape index (κ1) is 22.3. The Bertz CT molecular complexity index is 487. The van der Waals surface area contributed by atoms with E-state index in [-0.39, 0.29) is 18.8 Å². The molecular weight excluding hydrogens is 352 g/mol. The van der Waals surface area contributed by atoms with Gasteiger partial charge >= 0.3 is 5.97 Å². The van der Waals surface area contributed by atoms with E-state index in [1.807, 2.05) is 6.92 Å². The molecule has 27 heavy (non-hydrogen) atoms. The van der Waals surface area contributed by atoms with Gasteiger partial charge in [-0.15, -0.1) is 0 Å². The van der Waals surface area contributed by atoms with Crippen molar-refractivity contribution < 1.29 is 34.0 Å². The summed E-state index contributed by atoms with van der Waals surface area (Å²) in [5.41, 5.74) is -0.566. The summed E-state index contributed by atoms with van der Waals surface area (Å²) in [6.45, 7) is 4.74. The molecule has 5 atom stereocenters. The summed E-state index contributed by atoms with van der Waals surface area (Å²) >= 11 is 0. The maximum absolute atomic E-state index is 12.1. The largest absolute Gasteiger partial charge is 0.465 e. The molecule has 0 unspecified atom stereocenters. The van der Waals surface area contributed by atoms with E-state index in [4.69, 9.17) is 14.2 Å². The monoisotopic (exact) mass is 386 g/mol. The highest BCUT2D eigenvalue weighted by atomic mass is 16.6. The summed E-state index contributed by atoms with van der Waals surface area (Å²) in [5, 5.41) is 20.7. The predicted molar refractivity (Wildman–Crippen MR) is 98.2 cm³/mol. The summed E-state index contributed by atoms with van der Waals surface area (Å²) in [7, 11) is 0. The van der Waals surface area contributed by atoms with Crippen molar-refractivity contribution in [3.05, 3.63) is 0 Å². The summed E-state index contributed by atoms with van der Waals surface area (Å²) in [6, 6.07) is 0. The van der Waals surface area contributed by atoms with Crippen molar-refractivity contribution in [1.29, 1.82) is 0 Å². The van der Waals surface area contributed by atoms with Crippen LogP contribution >= 0.6 is 0 Å². The number of hydrogen-bond donors (Lipinski definition) is 2. The highest BCUT2D eigenvalue weighted by molar-refractivity contribution is 5.78. The molecule has 0 spiro atoms. The Hall–Kier alpha value is -1.02. The van der Waals surface area contributed by atoms with Gasteiger partial charge in [-0.25, -0.2) is 0 Å². The van der Waals surface area contributed by atoms with E-state index in [0.29, 0.717) is 45.3 Å². The molecule has 0 amide bonds. The van der Waals surface area contributed by atoms with Gasteiger partial charge in [0.25, 0.3) is 0 Å². The van der Waals surface area contributed by atoms with Crippen molar-refractivity contribution in [2.75, 3.05) is 19.8 Å². The number of carbonyl (C=O) groups is 2. The van der Waals surface area contributed by atoms with Crippen LogP contribution < -0.4 is 0 Å². The summed E-state index contributed by atoms with van der Waals surface area (Å²) in [5.74, 6) is -1.02. The lowest BCUT2D eigenvalue weighted by molar-refractivity contribution is -0.161. The molecule has 7 heteroatoms. The molecule has 0 aliphatic carbocycles. The first-order valence-corrected chi connectivity index (χ1v) is 10.1. The molecule has 2 saturated heterocycles. The zero-order valence-electron chi connectivity index (χ0n) is 16.5. The molecule has 2 rings (SSSR count). The second kappa shape index (κ2) is 10.5. The van der Waals surface area contributed by atoms with Gasteiger partial charge in [0, 0.05) is 25.9 Å². The Morgan fingerprint density at radius 1 is 0.963 bits per heavy atom. The standard InChI is InChI=1S/C20H34O7/c1-14-16(22)7-3-6-15(21)8-9-17(23)18(20(2)10-4-13-27-20)25-11-5-12-26-19(14)24/h14,16-18,22-23H,3-13H2,1-2H3/t14-,16+,17+,18+,20-/m1/s1. The third kappa shape index (κ3) is 6.52. The molecule has 0 aromatic carbocycles. The van der Waals surface area contributed by atoms with Crippen molar-refractivity contribution in [2.45, 2.75) is 89.1 Å². The fraction of sp³-hybridized carbons (Fsp3) is 0.900. The number of aliphatic hydroxyl groups is 2. The Morgan fingerprint density at radius 3 is 2.44 bits per heavy atom. The molecule has 7 nitrogen and oxygen atoms in total. The summed E-state index contributed by atoms with van der Waals surface area (Å²) < 4.78 is 17.0. The Labute approximate surface area is 161 Å². The third-order valence-electron chi connectivity index (χ3n) is 5.65. The minimum Gasteiger partial charge on any atom is -0.465 e. The fourth-order valence-electron chi connectivity index (χ4n) is 3.79. The Kier molecular flexibility index (Phi) is 8.66. The molecular formula is C20H34O7. The van der Waals surface area contributed by atoms with Crippen molar-refractivity contribution in [1.82, 2.24) is 0 Å². The van der Waals surface area contributed by atoms with E-state index < -0.39 is 35.8 Å². The molecule has 2 heterocycles. The van der Waals surface area contributed by atoms with Crippen LogP contribution in [0.2, 0.25) is 0 Å². The van der Waals surface area contributed by atoms with Crippen LogP contribution in [0.4, 0.5) is 0 Å². The van der Waals surface area contributed by atoms with Crippen LogP contribution in [0.3, 0.4) is 0 Å². The van der Waals surface area contributed by atoms with Gasteiger partial charge in [-0.2, -0.15) is 0 Å². The molecule has 0 bridgehead atoms. The summed E-state index contributed by atoms with van der Waals surface area (Å²) in [4.78, 5) is 24.1. The summed E-state index contributed by atoms with van der Waals surface area (Å²) in [6.07, 6.45) is 1.89. The number of ether oxygens (including phenoxy) is 3. The van der Waals surface area contributed by atoms with E-state index in [2.05, 4.69) is 0 Å². The van der Waals surface area contributed by atoms with Gasteiger partial charge in [0.05, 0.1) is 36.9 Å². The minimum atomic E-state index is -0.816. The van der Waals surface area contributed by atoms with E-state index in [1.165, 1.54) is 0 Å². The van der Waals surface area contributed by atoms with Crippen LogP contribution in [0.15, 0.2) is 0 Å². The van der Waals surface area contributed by atoms with Gasteiger partial charge in [-0.3, -0.25) is 9.59 Å². The van der Waals surface area contributed by atoms with Crippen LogP contribution in [-0.4, -0.2) is 65.7 Å². The molecule has 0 saturated carbocycles. The lowest BCUT2D eigenvalue weighted by atomic mass is 9.89. The molecule has 0 aromatic heterocycles. The minimum absolute atomic E-state index is 0.0415. The van der Waals surface area contributed by atoms with Crippen molar-refractivity contribution in [3.8, 4) is 0 Å². The number of carbonyl (C=O) groups excluding carboxylic acids is 2. The van der Waals surface area contributed by atoms with Crippen LogP contribution in [0, 0.1) is 5.92 Å². The quantitative estimate of drug-likeness (QED) is 0.662. The van der Waals surface area contributed by atoms with Crippen LogP contribution in [0.25, 0.3) is 0 Å². The zero-order valence-corrected chi connectivity index (χ0v) is 16.5. The van der Waals surface area contributed by atoms with Crippen LogP contribution in [0.5, 0.6) is 0 Å². The normalized spacial score (nSPS) is 38.5. The Morgan fingerprint density at radius 2 is 1.74 bits per heavy atom. The molecule has 0 aromatic rings. The number of esters is 1. The average molecular weight is 386 g/mol. The van der Waals surface area contributed by atoms with Gasteiger partial charge < -0.3 is 24.4 Å². The number of Topliss-reactive ketones (excluding diaryl/α,β-unsaturated/α-hetero) is 1. The van der Waals surface area contributed by atoms with Crippen molar-refractivity contribution >= 4 is 11.8 Å². The lowest BCUT2D eigenvalue weighted by Crippen LogP contribution is -2.48. The smallest absolute Gasteiger partial charge is 0.311 e. The maximum Gasteiger partial charge on any atom is 0.311 e. The second-order valence-electron chi connectivity index (χ2n) is 7.97. The molecule has 156 valence electrons. The SMILES string of the molecule is C[C@H]1C(=O)OCCCO[C@H]([C@@]2(C)CCCO2)[C@@H](O)CCC(=O)CCC[C@@H]1O. The second-order valence-corrected chi connectivity index (χ2v) is 7.97. The van der Waals surface area contributed by atoms with Gasteiger partial charge in [0.2, 0.25) is 0 Å². The molecule has 2 N–H and O–H groups in total. The van der Waals surface area contributed by atoms with Gasteiger partial charge in [0.1, 0.15) is 11.9 Å². The van der Waals surface area contributed by atoms with E-state index >= 15 is 0 Å². The highest BCUT2D eigenvalue weighted by Gasteiger charge is 2.43. The van der Waals surface area contributed by atoms with Gasteiger partial charge in [0.15, 0.2) is 0 Å². The van der Waals surface area contributed by atoms with Gasteiger partial charge in [-0.1, -0.05) is 0 Å². The van der Waals surface area contributed by atoms with Gasteiger partial charge in [-0.05, 0) is 46.0 Å². The molecule has 0 radical (unpaired) electrons. The molecule has 2 aliphatic rings. The van der Waals surface area contributed by atoms with Crippen molar-refractivity contribution in [2.24, 2.45) is 5.92 Å². The Balaban J connectivity index is 2.01. The molecule has 2 aliphatic heterocycles. The topological polar surface area (TPSA) is 102 Å². The number of ketones is 1. The van der Waals surface area contributed by atoms with Crippen LogP contribution in [0.1, 0.15) is 65.2 Å². The maximum atomic E-state index is 12.1. The van der Waals surface area contributed by atoms with Crippen LogP contribution in [-0.2, 0) is 23.8 Å². The number of cyclic esters (lactones) is 1. The highest BCUT2D eigenvalue weighted by Crippen LogP contribution is 2.33. The average Bonchev–Trinajstić information content (AvgIpc) is 3.08. The first-order valence-electron chi connectivity index (χ1n) is 10.1. The molecule has 2 fully saturated rings. The van der Waals surface area contributed by atoms with Crippen molar-refractivity contribution in [3.63, 3.8) is 0 Å². The van der Waals surface area contributed by atoms with E-state index in [0.717, 1.165) is 12.8 Å². The third-order valence-corrected chi connectivity index (χ3v) is 5.65. The van der Waals surface area contributed by atoms with E-state index in [9.17, 15) is 19.8 Å². The van der Waals surface area contributed by atoms with E-state index in [1.54, 1.807) is 6.92 Å². The number of hydrogen-bond acceptors (Lipinski definition) is 7. The predicted octanol–water partition coefficient (Wildman–Crippen LogP) is 1.77. The number of aliphatic hydroxyl groups excluding tert-OH is 2.